The summed E-state index contributed by atoms with van der Waals surface area (Å²) in [5.74, 6) is -0.121. The number of rotatable bonds is 4. The monoisotopic (exact) mass is 303 g/mol. The van der Waals surface area contributed by atoms with Gasteiger partial charge in [0.15, 0.2) is 0 Å². The summed E-state index contributed by atoms with van der Waals surface area (Å²) >= 11 is 0. The summed E-state index contributed by atoms with van der Waals surface area (Å²) in [5, 5.41) is 0. The van der Waals surface area contributed by atoms with Crippen LogP contribution in [0.2, 0.25) is 0 Å². The molecule has 0 aromatic carbocycles. The topological polar surface area (TPSA) is 60.9 Å². The Labute approximate surface area is 121 Å². The Morgan fingerprint density at radius 3 is 2.40 bits per heavy atom. The van der Waals surface area contributed by atoms with E-state index in [1.54, 1.807) is 0 Å². The lowest BCUT2D eigenvalue weighted by molar-refractivity contribution is -0.130. The van der Waals surface area contributed by atoms with Crippen LogP contribution >= 0.6 is 0 Å². The lowest BCUT2D eigenvalue weighted by Crippen LogP contribution is -2.35. The first-order chi connectivity index (χ1) is 9.24. The van der Waals surface area contributed by atoms with E-state index in [1.807, 2.05) is 4.90 Å². The molecular weight excluding hydrogens is 278 g/mol. The molecule has 6 nitrogen and oxygen atoms in total. The maximum absolute atomic E-state index is 12.2. The third-order valence-electron chi connectivity index (χ3n) is 4.55. The predicted octanol–water partition coefficient (Wildman–Crippen LogP) is -0.178. The Bertz CT molecular complexity index is 477. The molecule has 2 rings (SSSR count). The summed E-state index contributed by atoms with van der Waals surface area (Å²) in [5.41, 5.74) is 0.255. The van der Waals surface area contributed by atoms with Crippen LogP contribution < -0.4 is 0 Å². The van der Waals surface area contributed by atoms with E-state index in [9.17, 15) is 13.2 Å². The van der Waals surface area contributed by atoms with E-state index in [2.05, 4.69) is 11.9 Å². The second-order valence-electron chi connectivity index (χ2n) is 6.40. The van der Waals surface area contributed by atoms with Crippen LogP contribution in [0.25, 0.3) is 0 Å². The molecule has 2 fully saturated rings. The summed E-state index contributed by atoms with van der Waals surface area (Å²) in [6.07, 6.45) is 2.28. The number of carbonyl (C=O) groups excluding carboxylic acids is 1. The molecule has 1 spiro atoms. The van der Waals surface area contributed by atoms with Gasteiger partial charge in [0.05, 0.1) is 5.75 Å². The molecule has 7 heteroatoms. The SMILES string of the molecule is CN1CCC2(CCN(C(=O)CCS(=O)(=O)N(C)C)C2)C1. The van der Waals surface area contributed by atoms with Gasteiger partial charge in [-0.1, -0.05) is 0 Å². The minimum Gasteiger partial charge on any atom is -0.342 e. The van der Waals surface area contributed by atoms with Gasteiger partial charge >= 0.3 is 0 Å². The van der Waals surface area contributed by atoms with E-state index < -0.39 is 10.0 Å². The molecule has 116 valence electrons. The summed E-state index contributed by atoms with van der Waals surface area (Å²) in [6.45, 7) is 3.71. The molecule has 1 atom stereocenters. The standard InChI is InChI=1S/C13H25N3O3S/c1-14(2)20(18,19)9-4-12(17)16-8-6-13(11-16)5-7-15(3)10-13/h4-11H2,1-3H3. The zero-order valence-corrected chi connectivity index (χ0v) is 13.4. The summed E-state index contributed by atoms with van der Waals surface area (Å²) in [7, 11) is 1.83. The third kappa shape index (κ3) is 3.32. The van der Waals surface area contributed by atoms with Crippen molar-refractivity contribution in [2.75, 3.05) is 53.1 Å². The van der Waals surface area contributed by atoms with Gasteiger partial charge in [-0.3, -0.25) is 4.79 Å². The Kier molecular flexibility index (Phi) is 4.41. The average molecular weight is 303 g/mol. The molecule has 2 aliphatic rings. The van der Waals surface area contributed by atoms with Crippen molar-refractivity contribution in [3.05, 3.63) is 0 Å². The number of hydrogen-bond donors (Lipinski definition) is 0. The quantitative estimate of drug-likeness (QED) is 0.723. The van der Waals surface area contributed by atoms with Crippen LogP contribution in [0.15, 0.2) is 0 Å². The predicted molar refractivity (Wildman–Crippen MR) is 77.8 cm³/mol. The number of sulfonamides is 1. The van der Waals surface area contributed by atoms with E-state index in [0.29, 0.717) is 0 Å². The van der Waals surface area contributed by atoms with E-state index >= 15 is 0 Å². The lowest BCUT2D eigenvalue weighted by Gasteiger charge is -2.24. The van der Waals surface area contributed by atoms with Crippen LogP contribution in [-0.4, -0.2) is 81.5 Å². The summed E-state index contributed by atoms with van der Waals surface area (Å²) in [6, 6.07) is 0. The smallest absolute Gasteiger partial charge is 0.223 e. The van der Waals surface area contributed by atoms with Gasteiger partial charge < -0.3 is 9.80 Å². The van der Waals surface area contributed by atoms with Crippen molar-refractivity contribution < 1.29 is 13.2 Å². The van der Waals surface area contributed by atoms with Gasteiger partial charge in [-0.05, 0) is 26.4 Å². The van der Waals surface area contributed by atoms with Crippen LogP contribution in [0, 0.1) is 5.41 Å². The molecule has 0 bridgehead atoms. The van der Waals surface area contributed by atoms with E-state index in [-0.39, 0.29) is 23.5 Å². The van der Waals surface area contributed by atoms with Crippen molar-refractivity contribution in [1.82, 2.24) is 14.1 Å². The largest absolute Gasteiger partial charge is 0.342 e. The first-order valence-electron chi connectivity index (χ1n) is 7.11. The highest BCUT2D eigenvalue weighted by molar-refractivity contribution is 7.89. The zero-order valence-electron chi connectivity index (χ0n) is 12.6. The van der Waals surface area contributed by atoms with Crippen LogP contribution in [0.4, 0.5) is 0 Å². The zero-order chi connectivity index (χ0) is 15.0. The number of amides is 1. The molecule has 1 amide bonds. The van der Waals surface area contributed by atoms with Gasteiger partial charge in [-0.2, -0.15) is 0 Å². The van der Waals surface area contributed by atoms with Gasteiger partial charge in [-0.15, -0.1) is 0 Å². The van der Waals surface area contributed by atoms with Gasteiger partial charge in [-0.25, -0.2) is 12.7 Å². The van der Waals surface area contributed by atoms with E-state index in [0.717, 1.165) is 39.0 Å². The molecule has 20 heavy (non-hydrogen) atoms. The van der Waals surface area contributed by atoms with Gasteiger partial charge in [0, 0.05) is 45.6 Å². The first-order valence-corrected chi connectivity index (χ1v) is 8.72. The van der Waals surface area contributed by atoms with Crippen molar-refractivity contribution in [1.29, 1.82) is 0 Å². The van der Waals surface area contributed by atoms with Crippen molar-refractivity contribution in [3.8, 4) is 0 Å². The minimum absolute atomic E-state index is 0.0261. The fourth-order valence-corrected chi connectivity index (χ4v) is 3.99. The average Bonchev–Trinajstić information content (AvgIpc) is 2.94. The Balaban J connectivity index is 1.86. The lowest BCUT2D eigenvalue weighted by atomic mass is 9.86. The minimum atomic E-state index is -3.28. The number of hydrogen-bond acceptors (Lipinski definition) is 4. The molecule has 2 saturated heterocycles. The molecule has 2 aliphatic heterocycles. The van der Waals surface area contributed by atoms with Crippen molar-refractivity contribution in [2.24, 2.45) is 5.41 Å². The molecule has 0 saturated carbocycles. The van der Waals surface area contributed by atoms with Crippen LogP contribution in [0.3, 0.4) is 0 Å². The Morgan fingerprint density at radius 2 is 1.85 bits per heavy atom. The third-order valence-corrected chi connectivity index (χ3v) is 6.38. The molecule has 1 unspecified atom stereocenters. The molecule has 0 radical (unpaired) electrons. The molecule has 0 aliphatic carbocycles. The van der Waals surface area contributed by atoms with Crippen LogP contribution in [0.5, 0.6) is 0 Å². The number of nitrogens with zero attached hydrogens (tertiary/aromatic N) is 3. The normalized spacial score (nSPS) is 27.9. The van der Waals surface area contributed by atoms with Gasteiger partial charge in [0.25, 0.3) is 0 Å². The maximum atomic E-state index is 12.2. The van der Waals surface area contributed by atoms with Gasteiger partial charge in [0.2, 0.25) is 15.9 Å². The highest BCUT2D eigenvalue weighted by Crippen LogP contribution is 2.38. The van der Waals surface area contributed by atoms with Crippen molar-refractivity contribution in [2.45, 2.75) is 19.3 Å². The van der Waals surface area contributed by atoms with Crippen LogP contribution in [-0.2, 0) is 14.8 Å². The summed E-state index contributed by atoms with van der Waals surface area (Å²) in [4.78, 5) is 16.3. The highest BCUT2D eigenvalue weighted by atomic mass is 32.2. The second kappa shape index (κ2) is 5.61. The van der Waals surface area contributed by atoms with E-state index in [1.165, 1.54) is 18.4 Å². The highest BCUT2D eigenvalue weighted by Gasteiger charge is 2.43. The number of carbonyl (C=O) groups is 1. The Hall–Kier alpha value is -0.660. The summed E-state index contributed by atoms with van der Waals surface area (Å²) < 4.78 is 24.6. The Morgan fingerprint density at radius 1 is 1.20 bits per heavy atom. The van der Waals surface area contributed by atoms with Crippen molar-refractivity contribution in [3.63, 3.8) is 0 Å². The molecular formula is C13H25N3O3S. The van der Waals surface area contributed by atoms with Crippen molar-refractivity contribution >= 4 is 15.9 Å². The van der Waals surface area contributed by atoms with Gasteiger partial charge in [0.1, 0.15) is 0 Å². The fraction of sp³-hybridized carbons (Fsp3) is 0.923. The molecule has 0 N–H and O–H groups in total. The molecule has 0 aromatic heterocycles. The molecule has 0 aromatic rings. The number of likely N-dealkylation sites (tertiary alicyclic amines) is 2. The maximum Gasteiger partial charge on any atom is 0.223 e. The molecule has 2 heterocycles. The fourth-order valence-electron chi connectivity index (χ4n) is 3.20. The second-order valence-corrected chi connectivity index (χ2v) is 8.70. The van der Waals surface area contributed by atoms with Crippen LogP contribution in [0.1, 0.15) is 19.3 Å². The van der Waals surface area contributed by atoms with E-state index in [4.69, 9.17) is 0 Å². The first kappa shape index (κ1) is 15.7.